The van der Waals surface area contributed by atoms with Crippen LogP contribution in [0.1, 0.15) is 29.8 Å². The van der Waals surface area contributed by atoms with Crippen molar-refractivity contribution in [2.75, 3.05) is 24.0 Å². The van der Waals surface area contributed by atoms with Gasteiger partial charge in [0.2, 0.25) is 0 Å². The van der Waals surface area contributed by atoms with Crippen LogP contribution >= 0.6 is 11.6 Å². The Hall–Kier alpha value is -3.11. The molecule has 0 fully saturated rings. The highest BCUT2D eigenvalue weighted by molar-refractivity contribution is 7.93. The number of nitrogens with one attached hydrogen (secondary N) is 2. The molecular weight excluding hydrogens is 470 g/mol. The number of halogens is 1. The molecule has 3 amide bonds. The first kappa shape index (κ1) is 24.5. The topological polar surface area (TPSA) is 122 Å². The Kier molecular flexibility index (Phi) is 7.60. The van der Waals surface area contributed by atoms with Crippen molar-refractivity contribution >= 4 is 45.2 Å². The largest absolute Gasteiger partial charge is 0.452 e. The predicted octanol–water partition coefficient (Wildman–Crippen LogP) is 2.73. The van der Waals surface area contributed by atoms with Gasteiger partial charge in [-0.25, -0.2) is 18.0 Å². The van der Waals surface area contributed by atoms with Gasteiger partial charge in [0.25, 0.3) is 15.9 Å². The van der Waals surface area contributed by atoms with Crippen LogP contribution in [0.5, 0.6) is 0 Å². The van der Waals surface area contributed by atoms with Gasteiger partial charge in [-0.15, -0.1) is 0 Å². The summed E-state index contributed by atoms with van der Waals surface area (Å²) in [6.45, 7) is 3.71. The minimum absolute atomic E-state index is 0.0458. The molecule has 0 unspecified atom stereocenters. The molecule has 0 aliphatic carbocycles. The first-order valence-corrected chi connectivity index (χ1v) is 12.1. The smallest absolute Gasteiger partial charge is 0.338 e. The Balaban J connectivity index is 1.69. The van der Waals surface area contributed by atoms with E-state index in [9.17, 15) is 22.8 Å². The van der Waals surface area contributed by atoms with Gasteiger partial charge in [-0.2, -0.15) is 0 Å². The number of nitrogens with zero attached hydrogens (tertiary/aromatic N) is 1. The summed E-state index contributed by atoms with van der Waals surface area (Å²) in [5.41, 5.74) is 1.37. The second-order valence-corrected chi connectivity index (χ2v) is 10.1. The third-order valence-electron chi connectivity index (χ3n) is 4.84. The van der Waals surface area contributed by atoms with Gasteiger partial charge in [-0.3, -0.25) is 14.4 Å². The molecule has 11 heteroatoms. The number of hydrogen-bond acceptors (Lipinski definition) is 6. The van der Waals surface area contributed by atoms with Crippen molar-refractivity contribution in [2.45, 2.75) is 25.2 Å². The van der Waals surface area contributed by atoms with E-state index in [0.29, 0.717) is 18.7 Å². The van der Waals surface area contributed by atoms with Gasteiger partial charge in [0.15, 0.2) is 6.61 Å². The van der Waals surface area contributed by atoms with E-state index in [1.54, 1.807) is 12.1 Å². The van der Waals surface area contributed by atoms with Crippen LogP contribution in [-0.4, -0.2) is 46.0 Å². The van der Waals surface area contributed by atoms with Gasteiger partial charge in [-0.1, -0.05) is 43.6 Å². The van der Waals surface area contributed by atoms with E-state index < -0.39 is 34.5 Å². The summed E-state index contributed by atoms with van der Waals surface area (Å²) in [5.74, 6) is -1.55. The van der Waals surface area contributed by atoms with Crippen LogP contribution in [0.25, 0.3) is 0 Å². The molecule has 9 nitrogen and oxygen atoms in total. The summed E-state index contributed by atoms with van der Waals surface area (Å²) in [7, 11) is -4.04. The lowest BCUT2D eigenvalue weighted by Crippen LogP contribution is -2.42. The summed E-state index contributed by atoms with van der Waals surface area (Å²) in [4.78, 5) is 35.6. The molecule has 176 valence electrons. The lowest BCUT2D eigenvalue weighted by atomic mass is 10.2. The molecule has 2 aromatic carbocycles. The molecule has 0 saturated heterocycles. The average Bonchev–Trinajstić information content (AvgIpc) is 3.21. The number of amides is 3. The Labute approximate surface area is 197 Å². The molecule has 2 aromatic rings. The van der Waals surface area contributed by atoms with Crippen LogP contribution < -0.4 is 14.9 Å². The molecule has 0 atom stereocenters. The SMILES string of the molecule is CC(C)CNC(=O)NC(=O)COC(=O)c1ccc(Cl)c(S(=O)(=O)N2CCc3ccccc32)c1. The fourth-order valence-electron chi connectivity index (χ4n) is 3.22. The Bertz CT molecular complexity index is 1180. The summed E-state index contributed by atoms with van der Waals surface area (Å²) in [6, 6.07) is 10.2. The third-order valence-corrected chi connectivity index (χ3v) is 7.13. The number of rotatable bonds is 7. The fraction of sp³-hybridized carbons (Fsp3) is 0.318. The number of fused-ring (bicyclic) bond motifs is 1. The molecule has 33 heavy (non-hydrogen) atoms. The average molecular weight is 494 g/mol. The number of imide groups is 1. The first-order chi connectivity index (χ1) is 15.6. The van der Waals surface area contributed by atoms with E-state index in [1.807, 2.05) is 31.3 Å². The Morgan fingerprint density at radius 1 is 1.15 bits per heavy atom. The number of urea groups is 1. The van der Waals surface area contributed by atoms with E-state index >= 15 is 0 Å². The zero-order chi connectivity index (χ0) is 24.2. The number of ether oxygens (including phenoxy) is 1. The van der Waals surface area contributed by atoms with Crippen molar-refractivity contribution in [3.8, 4) is 0 Å². The van der Waals surface area contributed by atoms with Crippen molar-refractivity contribution in [3.63, 3.8) is 0 Å². The quantitative estimate of drug-likeness (QED) is 0.572. The molecule has 0 bridgehead atoms. The summed E-state index contributed by atoms with van der Waals surface area (Å²) < 4.78 is 32.7. The van der Waals surface area contributed by atoms with Crippen LogP contribution in [-0.2, 0) is 26.0 Å². The zero-order valence-electron chi connectivity index (χ0n) is 18.1. The van der Waals surface area contributed by atoms with Crippen LogP contribution in [0, 0.1) is 5.92 Å². The van der Waals surface area contributed by atoms with E-state index in [2.05, 4.69) is 5.32 Å². The minimum Gasteiger partial charge on any atom is -0.452 e. The lowest BCUT2D eigenvalue weighted by molar-refractivity contribution is -0.123. The second kappa shape index (κ2) is 10.2. The van der Waals surface area contributed by atoms with E-state index in [4.69, 9.17) is 16.3 Å². The number of carbonyl (C=O) groups excluding carboxylic acids is 3. The molecule has 3 rings (SSSR count). The zero-order valence-corrected chi connectivity index (χ0v) is 19.7. The van der Waals surface area contributed by atoms with Gasteiger partial charge in [0, 0.05) is 13.1 Å². The van der Waals surface area contributed by atoms with Crippen molar-refractivity contribution in [1.82, 2.24) is 10.6 Å². The van der Waals surface area contributed by atoms with Gasteiger partial charge in [0.05, 0.1) is 16.3 Å². The number of anilines is 1. The van der Waals surface area contributed by atoms with Crippen LogP contribution in [0.3, 0.4) is 0 Å². The maximum Gasteiger partial charge on any atom is 0.338 e. The molecule has 2 N–H and O–H groups in total. The minimum atomic E-state index is -4.04. The maximum atomic E-state index is 13.3. The Morgan fingerprint density at radius 2 is 1.88 bits per heavy atom. The molecular formula is C22H24ClN3O6S. The van der Waals surface area contributed by atoms with Crippen LogP contribution in [0.2, 0.25) is 5.02 Å². The maximum absolute atomic E-state index is 13.3. The fourth-order valence-corrected chi connectivity index (χ4v) is 5.23. The number of benzene rings is 2. The van der Waals surface area contributed by atoms with Crippen molar-refractivity contribution in [2.24, 2.45) is 5.92 Å². The summed E-state index contributed by atoms with van der Waals surface area (Å²) in [6.07, 6.45) is 0.564. The first-order valence-electron chi connectivity index (χ1n) is 10.2. The Morgan fingerprint density at radius 3 is 2.61 bits per heavy atom. The van der Waals surface area contributed by atoms with E-state index in [0.717, 1.165) is 11.6 Å². The number of carbonyl (C=O) groups is 3. The second-order valence-electron chi connectivity index (χ2n) is 7.83. The normalized spacial score (nSPS) is 12.9. The number of sulfonamides is 1. The highest BCUT2D eigenvalue weighted by atomic mass is 35.5. The number of hydrogen-bond donors (Lipinski definition) is 2. The van der Waals surface area contributed by atoms with Crippen LogP contribution in [0.15, 0.2) is 47.4 Å². The van der Waals surface area contributed by atoms with Crippen molar-refractivity contribution in [3.05, 3.63) is 58.6 Å². The molecule has 1 heterocycles. The molecule has 1 aliphatic rings. The van der Waals surface area contributed by atoms with Crippen molar-refractivity contribution < 1.29 is 27.5 Å². The highest BCUT2D eigenvalue weighted by Crippen LogP contribution is 2.35. The van der Waals surface area contributed by atoms with Gasteiger partial charge >= 0.3 is 12.0 Å². The standard InChI is InChI=1S/C22H24ClN3O6S/c1-14(2)12-24-22(29)25-20(27)13-32-21(28)16-7-8-17(23)19(11-16)33(30,31)26-10-9-15-5-3-4-6-18(15)26/h3-8,11,14H,9-10,12-13H2,1-2H3,(H2,24,25,27,29). The van der Waals surface area contributed by atoms with E-state index in [-0.39, 0.29) is 27.9 Å². The molecule has 0 radical (unpaired) electrons. The third kappa shape index (κ3) is 5.82. The van der Waals surface area contributed by atoms with Crippen LogP contribution in [0.4, 0.5) is 10.5 Å². The molecule has 0 aromatic heterocycles. The van der Waals surface area contributed by atoms with Crippen molar-refractivity contribution in [1.29, 1.82) is 0 Å². The molecule has 1 aliphatic heterocycles. The molecule has 0 spiro atoms. The highest BCUT2D eigenvalue weighted by Gasteiger charge is 2.32. The molecule has 0 saturated carbocycles. The van der Waals surface area contributed by atoms with Gasteiger partial charge in [0.1, 0.15) is 4.90 Å². The summed E-state index contributed by atoms with van der Waals surface area (Å²) in [5, 5.41) is 4.50. The monoisotopic (exact) mass is 493 g/mol. The van der Waals surface area contributed by atoms with Gasteiger partial charge in [-0.05, 0) is 42.2 Å². The predicted molar refractivity (Wildman–Crippen MR) is 123 cm³/mol. The number of esters is 1. The lowest BCUT2D eigenvalue weighted by Gasteiger charge is -2.20. The summed E-state index contributed by atoms with van der Waals surface area (Å²) >= 11 is 6.16. The number of para-hydroxylation sites is 1. The van der Waals surface area contributed by atoms with E-state index in [1.165, 1.54) is 16.4 Å². The van der Waals surface area contributed by atoms with Gasteiger partial charge < -0.3 is 10.1 Å².